The molecule has 0 bridgehead atoms. The Kier molecular flexibility index (Phi) is 5.40. The molecule has 3 heterocycles. The minimum absolute atomic E-state index is 0.0425. The van der Waals surface area contributed by atoms with E-state index >= 15 is 0 Å². The van der Waals surface area contributed by atoms with Crippen LogP contribution in [-0.4, -0.2) is 77.3 Å². The van der Waals surface area contributed by atoms with Gasteiger partial charge in [0.2, 0.25) is 5.91 Å². The summed E-state index contributed by atoms with van der Waals surface area (Å²) in [5.74, 6) is 1.44. The average molecular weight is 383 g/mol. The van der Waals surface area contributed by atoms with Crippen molar-refractivity contribution in [1.29, 1.82) is 0 Å². The third-order valence-corrected chi connectivity index (χ3v) is 6.00. The van der Waals surface area contributed by atoms with Crippen molar-refractivity contribution in [2.75, 3.05) is 45.8 Å². The van der Waals surface area contributed by atoms with Crippen LogP contribution >= 0.6 is 0 Å². The SMILES string of the molecule is CC1CC(C)CN(C(=O)CN2CCN(C(=O)c3cc4ccccc4[nH]3)CC2)C1. The fourth-order valence-corrected chi connectivity index (χ4v) is 4.63. The molecule has 1 aromatic carbocycles. The number of piperazine rings is 1. The number of carbonyl (C=O) groups excluding carboxylic acids is 2. The van der Waals surface area contributed by atoms with Crippen molar-refractivity contribution in [2.45, 2.75) is 20.3 Å². The lowest BCUT2D eigenvalue weighted by molar-refractivity contribution is -0.135. The molecule has 2 aliphatic rings. The Balaban J connectivity index is 1.30. The van der Waals surface area contributed by atoms with E-state index in [4.69, 9.17) is 0 Å². The predicted octanol–water partition coefficient (Wildman–Crippen LogP) is 2.43. The highest BCUT2D eigenvalue weighted by atomic mass is 16.2. The van der Waals surface area contributed by atoms with E-state index in [0.29, 0.717) is 37.2 Å². The monoisotopic (exact) mass is 382 g/mol. The topological polar surface area (TPSA) is 59.7 Å². The third-order valence-electron chi connectivity index (χ3n) is 6.00. The summed E-state index contributed by atoms with van der Waals surface area (Å²) < 4.78 is 0. The van der Waals surface area contributed by atoms with Gasteiger partial charge in [0.25, 0.3) is 5.91 Å². The number of benzene rings is 1. The predicted molar refractivity (Wildman–Crippen MR) is 110 cm³/mol. The lowest BCUT2D eigenvalue weighted by Crippen LogP contribution is -2.53. The van der Waals surface area contributed by atoms with Gasteiger partial charge < -0.3 is 14.8 Å². The molecular formula is C22H30N4O2. The number of aromatic amines is 1. The first-order chi connectivity index (χ1) is 13.5. The van der Waals surface area contributed by atoms with Crippen LogP contribution in [0.4, 0.5) is 0 Å². The quantitative estimate of drug-likeness (QED) is 0.887. The Hall–Kier alpha value is -2.34. The Bertz CT molecular complexity index is 810. The van der Waals surface area contributed by atoms with E-state index in [1.807, 2.05) is 40.1 Å². The summed E-state index contributed by atoms with van der Waals surface area (Å²) in [6.07, 6.45) is 1.21. The molecule has 1 N–H and O–H groups in total. The lowest BCUT2D eigenvalue weighted by atomic mass is 9.92. The number of fused-ring (bicyclic) bond motifs is 1. The summed E-state index contributed by atoms with van der Waals surface area (Å²) in [5.41, 5.74) is 1.63. The molecule has 0 saturated carbocycles. The van der Waals surface area contributed by atoms with Crippen molar-refractivity contribution in [3.05, 3.63) is 36.0 Å². The van der Waals surface area contributed by atoms with Crippen LogP contribution < -0.4 is 0 Å². The van der Waals surface area contributed by atoms with E-state index in [-0.39, 0.29) is 11.8 Å². The summed E-state index contributed by atoms with van der Waals surface area (Å²) in [7, 11) is 0. The molecular weight excluding hydrogens is 352 g/mol. The number of hydrogen-bond acceptors (Lipinski definition) is 3. The third kappa shape index (κ3) is 4.07. The molecule has 2 atom stereocenters. The standard InChI is InChI=1S/C22H30N4O2/c1-16-11-17(2)14-26(13-16)21(27)15-24-7-9-25(10-8-24)22(28)20-12-18-5-3-4-6-19(18)23-20/h3-6,12,16-17,23H,7-11,13-15H2,1-2H3. The van der Waals surface area contributed by atoms with Crippen LogP contribution in [0.5, 0.6) is 0 Å². The smallest absolute Gasteiger partial charge is 0.270 e. The summed E-state index contributed by atoms with van der Waals surface area (Å²) in [6.45, 7) is 9.49. The van der Waals surface area contributed by atoms with Crippen LogP contribution in [0.2, 0.25) is 0 Å². The molecule has 6 nitrogen and oxygen atoms in total. The molecule has 150 valence electrons. The number of H-pyrrole nitrogens is 1. The van der Waals surface area contributed by atoms with E-state index in [1.54, 1.807) is 0 Å². The van der Waals surface area contributed by atoms with Crippen molar-refractivity contribution in [3.63, 3.8) is 0 Å². The number of nitrogens with one attached hydrogen (secondary N) is 1. The summed E-state index contributed by atoms with van der Waals surface area (Å²) >= 11 is 0. The molecule has 2 amide bonds. The minimum atomic E-state index is 0.0425. The Morgan fingerprint density at radius 2 is 1.68 bits per heavy atom. The zero-order valence-corrected chi connectivity index (χ0v) is 16.9. The summed E-state index contributed by atoms with van der Waals surface area (Å²) in [4.78, 5) is 34.8. The maximum Gasteiger partial charge on any atom is 0.270 e. The molecule has 4 rings (SSSR count). The number of piperidine rings is 1. The molecule has 0 aliphatic carbocycles. The molecule has 28 heavy (non-hydrogen) atoms. The molecule has 2 unspecified atom stereocenters. The van der Waals surface area contributed by atoms with Gasteiger partial charge in [0, 0.05) is 50.2 Å². The zero-order valence-electron chi connectivity index (χ0n) is 16.9. The largest absolute Gasteiger partial charge is 0.351 e. The van der Waals surface area contributed by atoms with E-state index in [9.17, 15) is 9.59 Å². The number of nitrogens with zero attached hydrogens (tertiary/aromatic N) is 3. The van der Waals surface area contributed by atoms with Gasteiger partial charge in [-0.05, 0) is 30.4 Å². The van der Waals surface area contributed by atoms with Gasteiger partial charge in [-0.15, -0.1) is 0 Å². The van der Waals surface area contributed by atoms with Crippen molar-refractivity contribution in [1.82, 2.24) is 19.7 Å². The first-order valence-corrected chi connectivity index (χ1v) is 10.4. The number of carbonyl (C=O) groups is 2. The maximum absolute atomic E-state index is 12.8. The van der Waals surface area contributed by atoms with Crippen LogP contribution in [0.3, 0.4) is 0 Å². The second-order valence-electron chi connectivity index (χ2n) is 8.58. The van der Waals surface area contributed by atoms with Crippen LogP contribution in [0, 0.1) is 11.8 Å². The Labute approximate surface area is 166 Å². The van der Waals surface area contributed by atoms with Crippen molar-refractivity contribution < 1.29 is 9.59 Å². The van der Waals surface area contributed by atoms with Gasteiger partial charge in [0.15, 0.2) is 0 Å². The van der Waals surface area contributed by atoms with Crippen LogP contribution in [0.1, 0.15) is 30.8 Å². The number of likely N-dealkylation sites (tertiary alicyclic amines) is 1. The van der Waals surface area contributed by atoms with Gasteiger partial charge in [0.1, 0.15) is 5.69 Å². The molecule has 0 radical (unpaired) electrons. The van der Waals surface area contributed by atoms with E-state index in [2.05, 4.69) is 23.7 Å². The zero-order chi connectivity index (χ0) is 19.7. The average Bonchev–Trinajstić information content (AvgIpc) is 3.11. The van der Waals surface area contributed by atoms with E-state index < -0.39 is 0 Å². The molecule has 2 saturated heterocycles. The highest BCUT2D eigenvalue weighted by Crippen LogP contribution is 2.21. The van der Waals surface area contributed by atoms with Crippen LogP contribution in [0.15, 0.2) is 30.3 Å². The van der Waals surface area contributed by atoms with Crippen molar-refractivity contribution >= 4 is 22.7 Å². The number of rotatable bonds is 3. The Morgan fingerprint density at radius 3 is 2.36 bits per heavy atom. The number of hydrogen-bond donors (Lipinski definition) is 1. The van der Waals surface area contributed by atoms with Gasteiger partial charge in [-0.25, -0.2) is 0 Å². The molecule has 6 heteroatoms. The second kappa shape index (κ2) is 7.95. The van der Waals surface area contributed by atoms with Gasteiger partial charge >= 0.3 is 0 Å². The Morgan fingerprint density at radius 1 is 1.00 bits per heavy atom. The summed E-state index contributed by atoms with van der Waals surface area (Å²) in [6, 6.07) is 9.86. The molecule has 2 aliphatic heterocycles. The van der Waals surface area contributed by atoms with E-state index in [0.717, 1.165) is 37.1 Å². The fourth-order valence-electron chi connectivity index (χ4n) is 4.63. The maximum atomic E-state index is 12.8. The highest BCUT2D eigenvalue weighted by Gasteiger charge is 2.28. The number of amides is 2. The van der Waals surface area contributed by atoms with Gasteiger partial charge in [-0.2, -0.15) is 0 Å². The number of para-hydroxylation sites is 1. The summed E-state index contributed by atoms with van der Waals surface area (Å²) in [5, 5.41) is 1.06. The van der Waals surface area contributed by atoms with E-state index in [1.165, 1.54) is 6.42 Å². The first kappa shape index (κ1) is 19.0. The van der Waals surface area contributed by atoms with Crippen LogP contribution in [-0.2, 0) is 4.79 Å². The number of aromatic nitrogens is 1. The first-order valence-electron chi connectivity index (χ1n) is 10.4. The lowest BCUT2D eigenvalue weighted by Gasteiger charge is -2.38. The van der Waals surface area contributed by atoms with Gasteiger partial charge in [-0.1, -0.05) is 32.0 Å². The van der Waals surface area contributed by atoms with Gasteiger partial charge in [-0.3, -0.25) is 14.5 Å². The van der Waals surface area contributed by atoms with Crippen molar-refractivity contribution in [2.24, 2.45) is 11.8 Å². The minimum Gasteiger partial charge on any atom is -0.351 e. The second-order valence-corrected chi connectivity index (χ2v) is 8.58. The highest BCUT2D eigenvalue weighted by molar-refractivity contribution is 5.98. The normalized spacial score (nSPS) is 23.9. The fraction of sp³-hybridized carbons (Fsp3) is 0.545. The molecule has 1 aromatic heterocycles. The molecule has 0 spiro atoms. The molecule has 2 fully saturated rings. The molecule has 2 aromatic rings. The van der Waals surface area contributed by atoms with Crippen LogP contribution in [0.25, 0.3) is 10.9 Å². The van der Waals surface area contributed by atoms with Gasteiger partial charge in [0.05, 0.1) is 6.54 Å². The van der Waals surface area contributed by atoms with Crippen molar-refractivity contribution in [3.8, 4) is 0 Å².